The highest BCUT2D eigenvalue weighted by Gasteiger charge is 2.08. The summed E-state index contributed by atoms with van der Waals surface area (Å²) in [5.41, 5.74) is 5.51. The number of benzene rings is 1. The zero-order valence-corrected chi connectivity index (χ0v) is 11.1. The van der Waals surface area contributed by atoms with Crippen LogP contribution in [0.15, 0.2) is 18.2 Å². The van der Waals surface area contributed by atoms with Crippen molar-refractivity contribution in [1.82, 2.24) is 10.3 Å². The molecular formula is C15H22N2. The second-order valence-electron chi connectivity index (χ2n) is 4.67. The summed E-state index contributed by atoms with van der Waals surface area (Å²) >= 11 is 0. The van der Waals surface area contributed by atoms with Crippen LogP contribution in [0.1, 0.15) is 30.2 Å². The van der Waals surface area contributed by atoms with E-state index in [4.69, 9.17) is 0 Å². The molecule has 0 spiro atoms. The van der Waals surface area contributed by atoms with E-state index in [9.17, 15) is 0 Å². The van der Waals surface area contributed by atoms with Crippen molar-refractivity contribution in [3.8, 4) is 0 Å². The first-order chi connectivity index (χ1) is 8.26. The number of aromatic amines is 1. The molecule has 2 aromatic rings. The van der Waals surface area contributed by atoms with E-state index in [1.54, 1.807) is 0 Å². The van der Waals surface area contributed by atoms with Crippen molar-refractivity contribution >= 4 is 10.9 Å². The van der Waals surface area contributed by atoms with Gasteiger partial charge in [-0.3, -0.25) is 0 Å². The van der Waals surface area contributed by atoms with Crippen molar-refractivity contribution in [2.24, 2.45) is 0 Å². The Morgan fingerprint density at radius 3 is 2.82 bits per heavy atom. The highest BCUT2D eigenvalue weighted by atomic mass is 14.8. The summed E-state index contributed by atoms with van der Waals surface area (Å²) in [5.74, 6) is 0. The lowest BCUT2D eigenvalue weighted by Gasteiger charge is -2.02. The molecule has 1 aromatic heterocycles. The Hall–Kier alpha value is -1.28. The van der Waals surface area contributed by atoms with E-state index in [0.29, 0.717) is 0 Å². The number of aromatic nitrogens is 1. The Bertz CT molecular complexity index is 497. The van der Waals surface area contributed by atoms with Gasteiger partial charge in [0.1, 0.15) is 0 Å². The molecule has 2 rings (SSSR count). The second-order valence-corrected chi connectivity index (χ2v) is 4.67. The zero-order chi connectivity index (χ0) is 12.3. The minimum Gasteiger partial charge on any atom is -0.358 e. The summed E-state index contributed by atoms with van der Waals surface area (Å²) in [6, 6.07) is 6.77. The average Bonchev–Trinajstić information content (AvgIpc) is 2.65. The molecule has 0 atom stereocenters. The molecule has 0 amide bonds. The van der Waals surface area contributed by atoms with Crippen molar-refractivity contribution < 1.29 is 0 Å². The zero-order valence-electron chi connectivity index (χ0n) is 11.1. The van der Waals surface area contributed by atoms with Crippen LogP contribution in [0.5, 0.6) is 0 Å². The molecule has 0 saturated heterocycles. The van der Waals surface area contributed by atoms with Crippen LogP contribution in [0.25, 0.3) is 10.9 Å². The number of nitrogens with one attached hydrogen (secondary N) is 2. The normalized spacial score (nSPS) is 11.2. The summed E-state index contributed by atoms with van der Waals surface area (Å²) in [4.78, 5) is 3.48. The van der Waals surface area contributed by atoms with E-state index >= 15 is 0 Å². The lowest BCUT2D eigenvalue weighted by atomic mass is 10.0. The molecule has 0 unspecified atom stereocenters. The first kappa shape index (κ1) is 12.2. The first-order valence-electron chi connectivity index (χ1n) is 6.51. The fraction of sp³-hybridized carbons (Fsp3) is 0.467. The number of H-pyrrole nitrogens is 1. The minimum atomic E-state index is 1.08. The highest BCUT2D eigenvalue weighted by molar-refractivity contribution is 5.85. The topological polar surface area (TPSA) is 27.8 Å². The van der Waals surface area contributed by atoms with Crippen LogP contribution in [0.3, 0.4) is 0 Å². The summed E-state index contributed by atoms with van der Waals surface area (Å²) < 4.78 is 0. The SMILES string of the molecule is CCc1ccc2[nH]c(C)c(CCCNC)c2c1. The third kappa shape index (κ3) is 2.52. The van der Waals surface area contributed by atoms with Gasteiger partial charge in [-0.15, -0.1) is 0 Å². The number of aryl methyl sites for hydroxylation is 3. The van der Waals surface area contributed by atoms with Gasteiger partial charge in [-0.1, -0.05) is 13.0 Å². The van der Waals surface area contributed by atoms with Crippen LogP contribution in [-0.2, 0) is 12.8 Å². The van der Waals surface area contributed by atoms with Gasteiger partial charge >= 0.3 is 0 Å². The summed E-state index contributed by atoms with van der Waals surface area (Å²) in [5, 5.41) is 4.62. The van der Waals surface area contributed by atoms with Gasteiger partial charge in [-0.25, -0.2) is 0 Å². The molecule has 0 aliphatic carbocycles. The maximum atomic E-state index is 3.48. The van der Waals surface area contributed by atoms with Gasteiger partial charge in [0.25, 0.3) is 0 Å². The molecular weight excluding hydrogens is 208 g/mol. The van der Waals surface area contributed by atoms with Gasteiger partial charge in [0.2, 0.25) is 0 Å². The summed E-state index contributed by atoms with van der Waals surface area (Å²) in [6.07, 6.45) is 3.45. The third-order valence-corrected chi connectivity index (χ3v) is 3.45. The van der Waals surface area contributed by atoms with E-state index in [1.807, 2.05) is 7.05 Å². The Balaban J connectivity index is 2.34. The first-order valence-corrected chi connectivity index (χ1v) is 6.51. The number of fused-ring (bicyclic) bond motifs is 1. The van der Waals surface area contributed by atoms with E-state index in [2.05, 4.69) is 42.3 Å². The lowest BCUT2D eigenvalue weighted by molar-refractivity contribution is 0.725. The van der Waals surface area contributed by atoms with Crippen LogP contribution >= 0.6 is 0 Å². The number of rotatable bonds is 5. The van der Waals surface area contributed by atoms with Crippen molar-refractivity contribution in [2.45, 2.75) is 33.1 Å². The number of hydrogen-bond acceptors (Lipinski definition) is 1. The maximum absolute atomic E-state index is 3.48. The van der Waals surface area contributed by atoms with Crippen LogP contribution < -0.4 is 5.32 Å². The lowest BCUT2D eigenvalue weighted by Crippen LogP contribution is -2.08. The third-order valence-electron chi connectivity index (χ3n) is 3.45. The molecule has 2 heteroatoms. The van der Waals surface area contributed by atoms with Crippen LogP contribution in [0.2, 0.25) is 0 Å². The molecule has 0 aliphatic heterocycles. The fourth-order valence-corrected chi connectivity index (χ4v) is 2.41. The van der Waals surface area contributed by atoms with Crippen LogP contribution in [0, 0.1) is 6.92 Å². The van der Waals surface area contributed by atoms with Crippen molar-refractivity contribution in [2.75, 3.05) is 13.6 Å². The Morgan fingerprint density at radius 2 is 2.12 bits per heavy atom. The molecule has 2 nitrogen and oxygen atoms in total. The van der Waals surface area contributed by atoms with Gasteiger partial charge < -0.3 is 10.3 Å². The molecule has 17 heavy (non-hydrogen) atoms. The average molecular weight is 230 g/mol. The predicted octanol–water partition coefficient (Wildman–Crippen LogP) is 3.19. The van der Waals surface area contributed by atoms with Crippen molar-refractivity contribution in [3.05, 3.63) is 35.0 Å². The highest BCUT2D eigenvalue weighted by Crippen LogP contribution is 2.24. The predicted molar refractivity (Wildman–Crippen MR) is 74.7 cm³/mol. The van der Waals surface area contributed by atoms with Crippen LogP contribution in [0.4, 0.5) is 0 Å². The Kier molecular flexibility index (Phi) is 3.85. The number of hydrogen-bond donors (Lipinski definition) is 2. The molecule has 0 fully saturated rings. The van der Waals surface area contributed by atoms with Gasteiger partial charge in [0, 0.05) is 16.6 Å². The summed E-state index contributed by atoms with van der Waals surface area (Å²) in [6.45, 7) is 5.47. The van der Waals surface area contributed by atoms with Gasteiger partial charge in [-0.2, -0.15) is 0 Å². The van der Waals surface area contributed by atoms with Crippen molar-refractivity contribution in [3.63, 3.8) is 0 Å². The van der Waals surface area contributed by atoms with E-state index in [-0.39, 0.29) is 0 Å². The molecule has 0 aliphatic rings. The quantitative estimate of drug-likeness (QED) is 0.759. The minimum absolute atomic E-state index is 1.08. The second kappa shape index (κ2) is 5.37. The monoisotopic (exact) mass is 230 g/mol. The Labute approximate surface area is 103 Å². The largest absolute Gasteiger partial charge is 0.358 e. The maximum Gasteiger partial charge on any atom is 0.0459 e. The van der Waals surface area contributed by atoms with E-state index in [0.717, 1.165) is 19.4 Å². The molecule has 1 heterocycles. The smallest absolute Gasteiger partial charge is 0.0459 e. The molecule has 0 radical (unpaired) electrons. The molecule has 2 N–H and O–H groups in total. The van der Waals surface area contributed by atoms with E-state index in [1.165, 1.54) is 34.1 Å². The molecule has 92 valence electrons. The standard InChI is InChI=1S/C15H22N2/c1-4-12-7-8-15-14(10-12)13(11(2)17-15)6-5-9-16-3/h7-8,10,16-17H,4-6,9H2,1-3H3. The van der Waals surface area contributed by atoms with Gasteiger partial charge in [0.05, 0.1) is 0 Å². The Morgan fingerprint density at radius 1 is 1.29 bits per heavy atom. The molecule has 0 bridgehead atoms. The molecule has 0 saturated carbocycles. The van der Waals surface area contributed by atoms with Gasteiger partial charge in [-0.05, 0) is 63.0 Å². The van der Waals surface area contributed by atoms with E-state index < -0.39 is 0 Å². The van der Waals surface area contributed by atoms with Crippen LogP contribution in [-0.4, -0.2) is 18.6 Å². The van der Waals surface area contributed by atoms with Gasteiger partial charge in [0.15, 0.2) is 0 Å². The molecule has 1 aromatic carbocycles. The van der Waals surface area contributed by atoms with Crippen molar-refractivity contribution in [1.29, 1.82) is 0 Å². The summed E-state index contributed by atoms with van der Waals surface area (Å²) in [7, 11) is 2.01. The fourth-order valence-electron chi connectivity index (χ4n) is 2.41.